The highest BCUT2D eigenvalue weighted by atomic mass is 32.1. The molecule has 0 saturated heterocycles. The van der Waals surface area contributed by atoms with Gasteiger partial charge in [0.1, 0.15) is 5.75 Å². The van der Waals surface area contributed by atoms with Crippen molar-refractivity contribution in [1.82, 2.24) is 4.98 Å². The summed E-state index contributed by atoms with van der Waals surface area (Å²) in [6.45, 7) is 11.1. The van der Waals surface area contributed by atoms with E-state index in [2.05, 4.69) is 41.4 Å². The van der Waals surface area contributed by atoms with Gasteiger partial charge in [0, 0.05) is 29.4 Å². The van der Waals surface area contributed by atoms with Crippen molar-refractivity contribution in [3.8, 4) is 5.75 Å². The highest BCUT2D eigenvalue weighted by Crippen LogP contribution is 2.25. The molecule has 25 heavy (non-hydrogen) atoms. The molecule has 0 spiro atoms. The summed E-state index contributed by atoms with van der Waals surface area (Å²) in [5, 5.41) is 6.35. The number of nitrogens with zero attached hydrogens (tertiary/aromatic N) is 2. The molecule has 136 valence electrons. The number of hydrogen-bond donors (Lipinski definition) is 2. The minimum Gasteiger partial charge on any atom is -0.491 e. The van der Waals surface area contributed by atoms with Crippen molar-refractivity contribution in [2.24, 2.45) is 10.7 Å². The Morgan fingerprint density at radius 1 is 1.28 bits per heavy atom. The molecular weight excluding hydrogens is 332 g/mol. The van der Waals surface area contributed by atoms with E-state index >= 15 is 0 Å². The van der Waals surface area contributed by atoms with Gasteiger partial charge in [-0.2, -0.15) is 0 Å². The molecule has 0 aliphatic rings. The van der Waals surface area contributed by atoms with Crippen molar-refractivity contribution in [3.63, 3.8) is 0 Å². The average Bonchev–Trinajstić information content (AvgIpc) is 2.98. The number of aliphatic imine (C=N–C) groups is 1. The second-order valence-corrected chi connectivity index (χ2v) is 8.09. The van der Waals surface area contributed by atoms with E-state index in [1.54, 1.807) is 11.3 Å². The summed E-state index contributed by atoms with van der Waals surface area (Å²) in [7, 11) is 0. The molecular formula is C19H28N4OS. The molecule has 0 aliphatic carbocycles. The second kappa shape index (κ2) is 8.34. The van der Waals surface area contributed by atoms with Crippen LogP contribution in [0.1, 0.15) is 45.3 Å². The molecule has 0 unspecified atom stereocenters. The van der Waals surface area contributed by atoms with Gasteiger partial charge in [-0.05, 0) is 38.1 Å². The van der Waals surface area contributed by atoms with Crippen LogP contribution in [0.3, 0.4) is 0 Å². The topological polar surface area (TPSA) is 72.5 Å². The van der Waals surface area contributed by atoms with Crippen LogP contribution in [0.15, 0.2) is 34.6 Å². The molecule has 0 saturated carbocycles. The molecule has 0 amide bonds. The minimum atomic E-state index is 0.0955. The predicted molar refractivity (Wildman–Crippen MR) is 107 cm³/mol. The summed E-state index contributed by atoms with van der Waals surface area (Å²) >= 11 is 1.71. The molecule has 1 aromatic carbocycles. The van der Waals surface area contributed by atoms with Crippen LogP contribution in [-0.4, -0.2) is 23.6 Å². The largest absolute Gasteiger partial charge is 0.491 e. The van der Waals surface area contributed by atoms with Crippen LogP contribution in [0.25, 0.3) is 0 Å². The maximum atomic E-state index is 5.95. The molecule has 0 atom stereocenters. The first-order chi connectivity index (χ1) is 11.7. The first-order valence-electron chi connectivity index (χ1n) is 8.52. The maximum Gasteiger partial charge on any atom is 0.193 e. The monoisotopic (exact) mass is 360 g/mol. The van der Waals surface area contributed by atoms with Gasteiger partial charge in [0.05, 0.1) is 16.8 Å². The van der Waals surface area contributed by atoms with Crippen LogP contribution >= 0.6 is 11.3 Å². The van der Waals surface area contributed by atoms with Gasteiger partial charge in [0.25, 0.3) is 0 Å². The molecule has 0 fully saturated rings. The Hall–Kier alpha value is -2.08. The number of anilines is 1. The van der Waals surface area contributed by atoms with Crippen LogP contribution < -0.4 is 15.8 Å². The Morgan fingerprint density at radius 2 is 1.96 bits per heavy atom. The van der Waals surface area contributed by atoms with Crippen LogP contribution in [0, 0.1) is 0 Å². The Labute approximate surface area is 154 Å². The minimum absolute atomic E-state index is 0.0955. The van der Waals surface area contributed by atoms with Crippen molar-refractivity contribution in [2.45, 2.75) is 52.6 Å². The van der Waals surface area contributed by atoms with E-state index in [0.717, 1.165) is 28.6 Å². The number of benzene rings is 1. The third-order valence-electron chi connectivity index (χ3n) is 3.34. The number of ether oxygens (including phenoxy) is 1. The summed E-state index contributed by atoms with van der Waals surface area (Å²) in [5.74, 6) is 1.25. The maximum absolute atomic E-state index is 5.95. The first-order valence-corrected chi connectivity index (χ1v) is 9.40. The van der Waals surface area contributed by atoms with Gasteiger partial charge in [0.15, 0.2) is 5.96 Å². The Kier molecular flexibility index (Phi) is 6.42. The molecule has 2 aromatic rings. The predicted octanol–water partition coefficient (Wildman–Crippen LogP) is 4.20. The van der Waals surface area contributed by atoms with E-state index in [9.17, 15) is 0 Å². The summed E-state index contributed by atoms with van der Waals surface area (Å²) in [6.07, 6.45) is 0.950. The van der Waals surface area contributed by atoms with Crippen molar-refractivity contribution < 1.29 is 4.74 Å². The highest BCUT2D eigenvalue weighted by Gasteiger charge is 2.17. The summed E-state index contributed by atoms with van der Waals surface area (Å²) in [5.41, 5.74) is 8.01. The highest BCUT2D eigenvalue weighted by molar-refractivity contribution is 7.09. The molecule has 1 heterocycles. The van der Waals surface area contributed by atoms with Crippen molar-refractivity contribution in [1.29, 1.82) is 0 Å². The van der Waals surface area contributed by atoms with Gasteiger partial charge < -0.3 is 15.8 Å². The SMILES string of the molecule is CC(C)Oc1ccc(NC(N)=NCCc2csc(C(C)(C)C)n2)cc1. The number of hydrogen-bond acceptors (Lipinski definition) is 4. The molecule has 0 bridgehead atoms. The first kappa shape index (κ1) is 19.2. The molecule has 0 radical (unpaired) electrons. The number of rotatable bonds is 6. The normalized spacial score (nSPS) is 12.5. The Balaban J connectivity index is 1.84. The van der Waals surface area contributed by atoms with E-state index in [4.69, 9.17) is 10.5 Å². The quantitative estimate of drug-likeness (QED) is 0.598. The fraction of sp³-hybridized carbons (Fsp3) is 0.474. The number of nitrogens with two attached hydrogens (primary N) is 1. The Bertz CT molecular complexity index is 699. The second-order valence-electron chi connectivity index (χ2n) is 7.23. The molecule has 0 aliphatic heterocycles. The Morgan fingerprint density at radius 3 is 2.52 bits per heavy atom. The van der Waals surface area contributed by atoms with Crippen LogP contribution in [0.2, 0.25) is 0 Å². The average molecular weight is 361 g/mol. The lowest BCUT2D eigenvalue weighted by molar-refractivity contribution is 0.242. The van der Waals surface area contributed by atoms with Gasteiger partial charge in [-0.1, -0.05) is 20.8 Å². The lowest BCUT2D eigenvalue weighted by atomic mass is 9.98. The van der Waals surface area contributed by atoms with Crippen molar-refractivity contribution >= 4 is 23.0 Å². The zero-order valence-corrected chi connectivity index (χ0v) is 16.5. The summed E-state index contributed by atoms with van der Waals surface area (Å²) < 4.78 is 5.62. The smallest absolute Gasteiger partial charge is 0.193 e. The van der Waals surface area contributed by atoms with Gasteiger partial charge in [-0.3, -0.25) is 4.99 Å². The summed E-state index contributed by atoms with van der Waals surface area (Å²) in [4.78, 5) is 9.04. The van der Waals surface area contributed by atoms with E-state index in [0.29, 0.717) is 12.5 Å². The number of aromatic nitrogens is 1. The van der Waals surface area contributed by atoms with Gasteiger partial charge in [-0.15, -0.1) is 11.3 Å². The third-order valence-corrected chi connectivity index (χ3v) is 4.66. The fourth-order valence-corrected chi connectivity index (χ4v) is 3.08. The van der Waals surface area contributed by atoms with Gasteiger partial charge in [-0.25, -0.2) is 4.98 Å². The van der Waals surface area contributed by atoms with Crippen LogP contribution in [-0.2, 0) is 11.8 Å². The lowest BCUT2D eigenvalue weighted by Crippen LogP contribution is -2.23. The third kappa shape index (κ3) is 6.38. The molecule has 2 rings (SSSR count). The number of nitrogens with one attached hydrogen (secondary N) is 1. The van der Waals surface area contributed by atoms with E-state index < -0.39 is 0 Å². The standard InChI is InChI=1S/C19H28N4OS/c1-13(2)24-16-8-6-14(7-9-16)23-18(20)21-11-10-15-12-25-17(22-15)19(3,4)5/h6-9,12-13H,10-11H2,1-5H3,(H3,20,21,23). The van der Waals surface area contributed by atoms with E-state index in [1.807, 2.05) is 38.1 Å². The molecule has 5 nitrogen and oxygen atoms in total. The molecule has 3 N–H and O–H groups in total. The zero-order chi connectivity index (χ0) is 18.4. The fourth-order valence-electron chi connectivity index (χ4n) is 2.13. The van der Waals surface area contributed by atoms with E-state index in [-0.39, 0.29) is 11.5 Å². The van der Waals surface area contributed by atoms with Crippen molar-refractivity contribution in [2.75, 3.05) is 11.9 Å². The molecule has 1 aromatic heterocycles. The summed E-state index contributed by atoms with van der Waals surface area (Å²) in [6, 6.07) is 7.68. The zero-order valence-electron chi connectivity index (χ0n) is 15.7. The van der Waals surface area contributed by atoms with Gasteiger partial charge >= 0.3 is 0 Å². The number of guanidine groups is 1. The lowest BCUT2D eigenvalue weighted by Gasteiger charge is -2.13. The van der Waals surface area contributed by atoms with Gasteiger partial charge in [0.2, 0.25) is 0 Å². The van der Waals surface area contributed by atoms with Crippen LogP contribution in [0.4, 0.5) is 5.69 Å². The number of thiazole rings is 1. The van der Waals surface area contributed by atoms with E-state index in [1.165, 1.54) is 0 Å². The van der Waals surface area contributed by atoms with Crippen LogP contribution in [0.5, 0.6) is 5.75 Å². The molecule has 6 heteroatoms. The van der Waals surface area contributed by atoms with Crippen molar-refractivity contribution in [3.05, 3.63) is 40.3 Å².